The number of carbonyl (C=O) groups excluding carboxylic acids is 1. The standard InChI is InChI=1S/C31H37BrN2O4S/c1-18(2)15-34(26(36)8-6-22-14-21(32)17-39-22)23-9-10-31(37)25-13-20-5-7-24(35)28-27(20)30(31,29(23)38-28)11-12-33(25)16-19-3-4-19/h5-8,14,17-19,23,25,29,35,37H,3-4,9-13,15-16H2,1-2H3/b8-6+/t23-,25+,29-,30-,31+/m0/s1. The minimum Gasteiger partial charge on any atom is -0.504 e. The van der Waals surface area contributed by atoms with Gasteiger partial charge in [0.25, 0.3) is 0 Å². The Morgan fingerprint density at radius 2 is 2.13 bits per heavy atom. The molecular formula is C31H37BrN2O4S. The average molecular weight is 614 g/mol. The number of phenols is 1. The lowest BCUT2D eigenvalue weighted by molar-refractivity contribution is -0.201. The van der Waals surface area contributed by atoms with Gasteiger partial charge in [-0.3, -0.25) is 9.69 Å². The number of rotatable bonds is 7. The van der Waals surface area contributed by atoms with E-state index in [0.29, 0.717) is 25.1 Å². The van der Waals surface area contributed by atoms with E-state index < -0.39 is 17.1 Å². The maximum absolute atomic E-state index is 13.8. The fourth-order valence-corrected chi connectivity index (χ4v) is 9.56. The Bertz CT molecular complexity index is 1340. The van der Waals surface area contributed by atoms with Gasteiger partial charge in [0.15, 0.2) is 11.5 Å². The van der Waals surface area contributed by atoms with Crippen molar-refractivity contribution in [3.05, 3.63) is 50.1 Å². The minimum atomic E-state index is -0.945. The topological polar surface area (TPSA) is 73.2 Å². The summed E-state index contributed by atoms with van der Waals surface area (Å²) >= 11 is 5.09. The number of aliphatic hydroxyl groups is 1. The maximum Gasteiger partial charge on any atom is 0.246 e. The van der Waals surface area contributed by atoms with Gasteiger partial charge in [0.05, 0.1) is 17.1 Å². The van der Waals surface area contributed by atoms with Crippen LogP contribution in [0, 0.1) is 11.8 Å². The molecule has 0 radical (unpaired) electrons. The predicted molar refractivity (Wildman–Crippen MR) is 156 cm³/mol. The Morgan fingerprint density at radius 1 is 1.31 bits per heavy atom. The second-order valence-electron chi connectivity index (χ2n) is 12.8. The summed E-state index contributed by atoms with van der Waals surface area (Å²) in [6.45, 7) is 6.86. The molecule has 1 aromatic heterocycles. The van der Waals surface area contributed by atoms with Crippen LogP contribution in [0.4, 0.5) is 0 Å². The summed E-state index contributed by atoms with van der Waals surface area (Å²) in [5.41, 5.74) is 0.628. The van der Waals surface area contributed by atoms with E-state index in [1.807, 2.05) is 28.5 Å². The summed E-state index contributed by atoms with van der Waals surface area (Å²) in [5.74, 6) is 1.68. The fraction of sp³-hybridized carbons (Fsp3) is 0.581. The summed E-state index contributed by atoms with van der Waals surface area (Å²) in [5, 5.41) is 25.7. The second kappa shape index (κ2) is 9.33. The monoisotopic (exact) mass is 612 g/mol. The molecule has 3 aliphatic carbocycles. The molecule has 5 atom stereocenters. The third kappa shape index (κ3) is 3.96. The number of nitrogens with zero attached hydrogens (tertiary/aromatic N) is 2. The average Bonchev–Trinajstić information content (AvgIpc) is 3.50. The summed E-state index contributed by atoms with van der Waals surface area (Å²) in [6.07, 6.45) is 8.63. The van der Waals surface area contributed by atoms with E-state index in [1.165, 1.54) is 18.4 Å². The van der Waals surface area contributed by atoms with Gasteiger partial charge in [0, 0.05) is 45.5 Å². The maximum atomic E-state index is 13.8. The molecule has 3 fully saturated rings. The Labute approximate surface area is 242 Å². The highest BCUT2D eigenvalue weighted by atomic mass is 79.9. The van der Waals surface area contributed by atoms with Crippen LogP contribution in [0.1, 0.15) is 62.0 Å². The number of hydrogen-bond donors (Lipinski definition) is 2. The SMILES string of the molecule is CC(C)CN(C(=O)/C=C/c1cc(Br)cs1)[C@H]1CC[C@@]2(O)[C@H]3Cc4ccc(O)c5c4[C@@]2(CCN3CC2CC2)[C@H]1O5. The molecule has 7 rings (SSSR count). The molecule has 8 heteroatoms. The van der Waals surface area contributed by atoms with Gasteiger partial charge in [-0.05, 0) is 96.6 Å². The molecular weight excluding hydrogens is 576 g/mol. The molecule has 1 amide bonds. The minimum absolute atomic E-state index is 0.0254. The largest absolute Gasteiger partial charge is 0.504 e. The quantitative estimate of drug-likeness (QED) is 0.413. The van der Waals surface area contributed by atoms with Crippen molar-refractivity contribution in [2.75, 3.05) is 19.6 Å². The van der Waals surface area contributed by atoms with Crippen molar-refractivity contribution < 1.29 is 19.7 Å². The number of likely N-dealkylation sites (tertiary alicyclic amines) is 1. The van der Waals surface area contributed by atoms with Crippen molar-refractivity contribution in [3.63, 3.8) is 0 Å². The first-order valence-electron chi connectivity index (χ1n) is 14.4. The number of phenolic OH excluding ortho intramolecular Hbond substituents is 1. The van der Waals surface area contributed by atoms with Crippen molar-refractivity contribution >= 4 is 39.2 Å². The molecule has 3 heterocycles. The number of thiophene rings is 1. The zero-order valence-electron chi connectivity index (χ0n) is 22.6. The molecule has 1 spiro atoms. The van der Waals surface area contributed by atoms with Crippen molar-refractivity contribution in [2.24, 2.45) is 11.8 Å². The highest BCUT2D eigenvalue weighted by Gasteiger charge is 2.73. The first kappa shape index (κ1) is 26.1. The second-order valence-corrected chi connectivity index (χ2v) is 14.6. The molecule has 1 saturated heterocycles. The number of piperidine rings is 1. The highest BCUT2D eigenvalue weighted by molar-refractivity contribution is 9.10. The lowest BCUT2D eigenvalue weighted by Gasteiger charge is -2.65. The summed E-state index contributed by atoms with van der Waals surface area (Å²) in [7, 11) is 0. The van der Waals surface area contributed by atoms with Gasteiger partial charge in [-0.25, -0.2) is 0 Å². The zero-order valence-corrected chi connectivity index (χ0v) is 25.0. The van der Waals surface area contributed by atoms with Gasteiger partial charge >= 0.3 is 0 Å². The first-order chi connectivity index (χ1) is 18.7. The van der Waals surface area contributed by atoms with E-state index in [4.69, 9.17) is 4.74 Å². The predicted octanol–water partition coefficient (Wildman–Crippen LogP) is 5.35. The number of hydrogen-bond acceptors (Lipinski definition) is 6. The number of amides is 1. The number of halogens is 1. The zero-order chi connectivity index (χ0) is 27.1. The van der Waals surface area contributed by atoms with Gasteiger partial charge < -0.3 is 19.8 Å². The third-order valence-electron chi connectivity index (χ3n) is 9.95. The Kier molecular flexibility index (Phi) is 6.23. The van der Waals surface area contributed by atoms with Crippen molar-refractivity contribution in [2.45, 2.75) is 81.6 Å². The van der Waals surface area contributed by atoms with E-state index in [1.54, 1.807) is 23.5 Å². The van der Waals surface area contributed by atoms with Crippen LogP contribution in [-0.2, 0) is 16.6 Å². The van der Waals surface area contributed by atoms with E-state index in [0.717, 1.165) is 46.8 Å². The van der Waals surface area contributed by atoms with Gasteiger partial charge in [-0.1, -0.05) is 19.9 Å². The molecule has 39 heavy (non-hydrogen) atoms. The smallest absolute Gasteiger partial charge is 0.246 e. The first-order valence-corrected chi connectivity index (χ1v) is 16.1. The van der Waals surface area contributed by atoms with Gasteiger partial charge in [0.1, 0.15) is 6.10 Å². The molecule has 2 saturated carbocycles. The molecule has 208 valence electrons. The summed E-state index contributed by atoms with van der Waals surface area (Å²) in [6, 6.07) is 5.65. The highest BCUT2D eigenvalue weighted by Crippen LogP contribution is 2.66. The van der Waals surface area contributed by atoms with Crippen LogP contribution in [0.25, 0.3) is 6.08 Å². The van der Waals surface area contributed by atoms with Gasteiger partial charge in [-0.15, -0.1) is 11.3 Å². The van der Waals surface area contributed by atoms with Crippen LogP contribution in [0.15, 0.2) is 34.1 Å². The van der Waals surface area contributed by atoms with Gasteiger partial charge in [-0.2, -0.15) is 0 Å². The molecule has 2 bridgehead atoms. The number of carbonyl (C=O) groups is 1. The Hall–Kier alpha value is -1.87. The van der Waals surface area contributed by atoms with E-state index >= 15 is 0 Å². The number of aromatic hydroxyl groups is 1. The van der Waals surface area contributed by atoms with Crippen LogP contribution in [0.2, 0.25) is 0 Å². The van der Waals surface area contributed by atoms with Crippen molar-refractivity contribution in [1.82, 2.24) is 9.80 Å². The Morgan fingerprint density at radius 3 is 2.85 bits per heavy atom. The summed E-state index contributed by atoms with van der Waals surface area (Å²) < 4.78 is 7.76. The van der Waals surface area contributed by atoms with Crippen molar-refractivity contribution in [1.29, 1.82) is 0 Å². The Balaban J connectivity index is 1.29. The van der Waals surface area contributed by atoms with Crippen LogP contribution >= 0.6 is 27.3 Å². The molecule has 2 N–H and O–H groups in total. The lowest BCUT2D eigenvalue weighted by atomic mass is 9.48. The van der Waals surface area contributed by atoms with Crippen LogP contribution in [0.3, 0.4) is 0 Å². The van der Waals surface area contributed by atoms with Crippen LogP contribution < -0.4 is 4.74 Å². The molecule has 1 aromatic carbocycles. The van der Waals surface area contributed by atoms with Gasteiger partial charge in [0.2, 0.25) is 5.91 Å². The molecule has 2 aromatic rings. The van der Waals surface area contributed by atoms with Crippen LogP contribution in [-0.4, -0.2) is 69.3 Å². The van der Waals surface area contributed by atoms with Crippen LogP contribution in [0.5, 0.6) is 11.5 Å². The number of ether oxygens (including phenoxy) is 1. The van der Waals surface area contributed by atoms with Crippen molar-refractivity contribution in [3.8, 4) is 11.5 Å². The van der Waals surface area contributed by atoms with E-state index in [9.17, 15) is 15.0 Å². The third-order valence-corrected chi connectivity index (χ3v) is 11.6. The molecule has 6 nitrogen and oxygen atoms in total. The molecule has 5 aliphatic rings. The fourth-order valence-electron chi connectivity index (χ4n) is 8.22. The van der Waals surface area contributed by atoms with E-state index in [2.05, 4.69) is 34.7 Å². The number of benzene rings is 1. The molecule has 0 unspecified atom stereocenters. The molecule has 2 aliphatic heterocycles. The van der Waals surface area contributed by atoms with E-state index in [-0.39, 0.29) is 29.7 Å². The lowest BCUT2D eigenvalue weighted by Crippen LogP contribution is -2.78. The summed E-state index contributed by atoms with van der Waals surface area (Å²) in [4.78, 5) is 19.4. The normalized spacial score (nSPS) is 32.9.